The second-order valence-corrected chi connectivity index (χ2v) is 3.57. The first-order chi connectivity index (χ1) is 7.36. The maximum atomic E-state index is 11.7. The van der Waals surface area contributed by atoms with E-state index >= 15 is 0 Å². The van der Waals surface area contributed by atoms with Crippen molar-refractivity contribution in [1.29, 1.82) is 0 Å². The van der Waals surface area contributed by atoms with Crippen molar-refractivity contribution in [2.45, 2.75) is 19.3 Å². The van der Waals surface area contributed by atoms with E-state index in [4.69, 9.17) is 4.84 Å². The summed E-state index contributed by atoms with van der Waals surface area (Å²) >= 11 is 0. The first-order valence-corrected chi connectivity index (χ1v) is 5.18. The molecule has 0 radical (unpaired) electrons. The van der Waals surface area contributed by atoms with Crippen LogP contribution in [0.25, 0.3) is 0 Å². The molecule has 2 heterocycles. The Labute approximate surface area is 88.8 Å². The van der Waals surface area contributed by atoms with Crippen LogP contribution in [0.2, 0.25) is 0 Å². The summed E-state index contributed by atoms with van der Waals surface area (Å²) in [6.07, 6.45) is 5.85. The molecule has 1 amide bonds. The van der Waals surface area contributed by atoms with Crippen molar-refractivity contribution in [3.05, 3.63) is 30.1 Å². The van der Waals surface area contributed by atoms with Crippen molar-refractivity contribution in [2.24, 2.45) is 0 Å². The lowest BCUT2D eigenvalue weighted by molar-refractivity contribution is -0.196. The van der Waals surface area contributed by atoms with E-state index in [2.05, 4.69) is 4.98 Å². The number of nitrogens with zero attached hydrogens (tertiary/aromatic N) is 2. The fourth-order valence-corrected chi connectivity index (χ4v) is 1.56. The predicted molar refractivity (Wildman–Crippen MR) is 54.8 cm³/mol. The molecule has 1 saturated heterocycles. The minimum atomic E-state index is 0.0286. The molecular weight excluding hydrogens is 192 g/mol. The summed E-state index contributed by atoms with van der Waals surface area (Å²) in [6.45, 7) is 1.37. The minimum absolute atomic E-state index is 0.0286. The molecule has 0 unspecified atom stereocenters. The Balaban J connectivity index is 1.91. The lowest BCUT2D eigenvalue weighted by Gasteiger charge is -2.25. The smallest absolute Gasteiger partial charge is 0.250 e. The monoisotopic (exact) mass is 206 g/mol. The van der Waals surface area contributed by atoms with Gasteiger partial charge in [0.05, 0.1) is 13.0 Å². The molecule has 1 aliphatic rings. The molecule has 4 heteroatoms. The Hall–Kier alpha value is -1.42. The summed E-state index contributed by atoms with van der Waals surface area (Å²) in [7, 11) is 0. The molecule has 0 spiro atoms. The molecule has 0 aliphatic carbocycles. The van der Waals surface area contributed by atoms with Gasteiger partial charge < -0.3 is 0 Å². The van der Waals surface area contributed by atoms with Gasteiger partial charge in [0, 0.05) is 18.9 Å². The van der Waals surface area contributed by atoms with Gasteiger partial charge in [0.1, 0.15) is 0 Å². The van der Waals surface area contributed by atoms with Gasteiger partial charge in [-0.25, -0.2) is 5.06 Å². The maximum Gasteiger partial charge on any atom is 0.250 e. The quantitative estimate of drug-likeness (QED) is 0.729. The number of rotatable bonds is 2. The first-order valence-electron chi connectivity index (χ1n) is 5.18. The molecule has 0 saturated carbocycles. The third-order valence-corrected chi connectivity index (χ3v) is 2.39. The van der Waals surface area contributed by atoms with Crippen LogP contribution in [0.4, 0.5) is 0 Å². The van der Waals surface area contributed by atoms with Crippen LogP contribution >= 0.6 is 0 Å². The lowest BCUT2D eigenvalue weighted by Crippen LogP contribution is -2.36. The van der Waals surface area contributed by atoms with Gasteiger partial charge in [-0.15, -0.1) is 0 Å². The van der Waals surface area contributed by atoms with E-state index in [1.807, 2.05) is 12.1 Å². The number of aromatic nitrogens is 1. The van der Waals surface area contributed by atoms with Crippen LogP contribution in [0.1, 0.15) is 18.4 Å². The lowest BCUT2D eigenvalue weighted by atomic mass is 10.2. The summed E-state index contributed by atoms with van der Waals surface area (Å²) in [4.78, 5) is 20.9. The van der Waals surface area contributed by atoms with Crippen molar-refractivity contribution < 1.29 is 9.63 Å². The average molecular weight is 206 g/mol. The Kier molecular flexibility index (Phi) is 3.29. The van der Waals surface area contributed by atoms with Gasteiger partial charge in [-0.05, 0) is 30.5 Å². The summed E-state index contributed by atoms with van der Waals surface area (Å²) in [5.41, 5.74) is 0.976. The van der Waals surface area contributed by atoms with Gasteiger partial charge in [0.25, 0.3) is 5.91 Å². The Morgan fingerprint density at radius 1 is 1.40 bits per heavy atom. The zero-order chi connectivity index (χ0) is 10.5. The van der Waals surface area contributed by atoms with Crippen molar-refractivity contribution >= 4 is 5.91 Å². The zero-order valence-electron chi connectivity index (χ0n) is 8.56. The molecule has 0 bridgehead atoms. The SMILES string of the molecule is O=C(Cc1ccncc1)N1CCCCO1. The molecule has 1 aliphatic heterocycles. The average Bonchev–Trinajstić information content (AvgIpc) is 2.31. The van der Waals surface area contributed by atoms with Gasteiger partial charge in [-0.1, -0.05) is 0 Å². The Morgan fingerprint density at radius 3 is 2.87 bits per heavy atom. The predicted octanol–water partition coefficient (Wildman–Crippen LogP) is 1.18. The molecule has 15 heavy (non-hydrogen) atoms. The highest BCUT2D eigenvalue weighted by Gasteiger charge is 2.17. The number of carbonyl (C=O) groups is 1. The second-order valence-electron chi connectivity index (χ2n) is 3.57. The van der Waals surface area contributed by atoms with Crippen molar-refractivity contribution in [2.75, 3.05) is 13.2 Å². The van der Waals surface area contributed by atoms with Gasteiger partial charge in [0.2, 0.25) is 0 Å². The number of hydroxylamine groups is 2. The van der Waals surface area contributed by atoms with Crippen LogP contribution in [-0.2, 0) is 16.1 Å². The largest absolute Gasteiger partial charge is 0.272 e. The Morgan fingerprint density at radius 2 is 2.20 bits per heavy atom. The summed E-state index contributed by atoms with van der Waals surface area (Å²) < 4.78 is 0. The minimum Gasteiger partial charge on any atom is -0.272 e. The number of pyridine rings is 1. The molecule has 0 atom stereocenters. The van der Waals surface area contributed by atoms with Crippen LogP contribution in [0.3, 0.4) is 0 Å². The van der Waals surface area contributed by atoms with Crippen LogP contribution in [0.5, 0.6) is 0 Å². The third-order valence-electron chi connectivity index (χ3n) is 2.39. The van der Waals surface area contributed by atoms with E-state index in [0.717, 1.165) is 18.4 Å². The van der Waals surface area contributed by atoms with E-state index < -0.39 is 0 Å². The van der Waals surface area contributed by atoms with E-state index in [1.165, 1.54) is 5.06 Å². The van der Waals surface area contributed by atoms with Gasteiger partial charge >= 0.3 is 0 Å². The molecule has 80 valence electrons. The number of amides is 1. The normalized spacial score (nSPS) is 16.4. The van der Waals surface area contributed by atoms with Crippen LogP contribution in [-0.4, -0.2) is 29.1 Å². The number of hydrogen-bond donors (Lipinski definition) is 0. The number of carbonyl (C=O) groups excluding carboxylic acids is 1. The summed E-state index contributed by atoms with van der Waals surface area (Å²) in [6, 6.07) is 3.70. The van der Waals surface area contributed by atoms with E-state index in [1.54, 1.807) is 12.4 Å². The molecule has 1 aromatic heterocycles. The molecule has 1 aromatic rings. The third kappa shape index (κ3) is 2.76. The molecule has 1 fully saturated rings. The highest BCUT2D eigenvalue weighted by Crippen LogP contribution is 2.08. The highest BCUT2D eigenvalue weighted by molar-refractivity contribution is 5.77. The maximum absolute atomic E-state index is 11.7. The van der Waals surface area contributed by atoms with Gasteiger partial charge in [-0.2, -0.15) is 0 Å². The first kappa shape index (κ1) is 10.1. The molecule has 0 aromatic carbocycles. The van der Waals surface area contributed by atoms with Crippen molar-refractivity contribution in [1.82, 2.24) is 10.0 Å². The zero-order valence-corrected chi connectivity index (χ0v) is 8.56. The molecule has 2 rings (SSSR count). The van der Waals surface area contributed by atoms with Crippen LogP contribution in [0, 0.1) is 0 Å². The molecule has 0 N–H and O–H groups in total. The van der Waals surface area contributed by atoms with Gasteiger partial charge in [0.15, 0.2) is 0 Å². The highest BCUT2D eigenvalue weighted by atomic mass is 16.7. The van der Waals surface area contributed by atoms with Crippen molar-refractivity contribution in [3.8, 4) is 0 Å². The second kappa shape index (κ2) is 4.89. The van der Waals surface area contributed by atoms with E-state index in [-0.39, 0.29) is 5.91 Å². The fourth-order valence-electron chi connectivity index (χ4n) is 1.56. The van der Waals surface area contributed by atoms with E-state index in [9.17, 15) is 4.79 Å². The van der Waals surface area contributed by atoms with E-state index in [0.29, 0.717) is 19.6 Å². The summed E-state index contributed by atoms with van der Waals surface area (Å²) in [5.74, 6) is 0.0286. The van der Waals surface area contributed by atoms with Gasteiger partial charge in [-0.3, -0.25) is 14.6 Å². The summed E-state index contributed by atoms with van der Waals surface area (Å²) in [5, 5.41) is 1.48. The topological polar surface area (TPSA) is 42.4 Å². The molecular formula is C11H14N2O2. The standard InChI is InChI=1S/C11H14N2O2/c14-11(13-7-1-2-8-15-13)9-10-3-5-12-6-4-10/h3-6H,1-2,7-9H2. The van der Waals surface area contributed by atoms with Crippen molar-refractivity contribution in [3.63, 3.8) is 0 Å². The van der Waals surface area contributed by atoms with Crippen LogP contribution < -0.4 is 0 Å². The van der Waals surface area contributed by atoms with Crippen LogP contribution in [0.15, 0.2) is 24.5 Å². The number of hydrogen-bond acceptors (Lipinski definition) is 3. The molecule has 4 nitrogen and oxygen atoms in total. The fraction of sp³-hybridized carbons (Fsp3) is 0.455. The Bertz CT molecular complexity index is 321.